The summed E-state index contributed by atoms with van der Waals surface area (Å²) in [5, 5.41) is 0. The molecule has 1 aliphatic rings. The molecule has 0 spiro atoms. The molecule has 1 heterocycles. The van der Waals surface area contributed by atoms with Gasteiger partial charge in [-0.3, -0.25) is 4.90 Å². The predicted molar refractivity (Wildman–Crippen MR) is 92.9 cm³/mol. The van der Waals surface area contributed by atoms with Crippen molar-refractivity contribution in [2.75, 3.05) is 32.8 Å². The Bertz CT molecular complexity index is 202. The van der Waals surface area contributed by atoms with Crippen LogP contribution in [0.1, 0.15) is 84.5 Å². The molecule has 2 nitrogen and oxygen atoms in total. The minimum absolute atomic E-state index is 0.942. The number of hydrogen-bond acceptors (Lipinski definition) is 2. The van der Waals surface area contributed by atoms with Crippen LogP contribution in [0.2, 0.25) is 0 Å². The average Bonchev–Trinajstić information content (AvgIpc) is 2.53. The van der Waals surface area contributed by atoms with Crippen LogP contribution in [-0.2, 0) is 4.74 Å². The van der Waals surface area contributed by atoms with Crippen LogP contribution in [0.15, 0.2) is 0 Å². The Morgan fingerprint density at radius 1 is 0.762 bits per heavy atom. The smallest absolute Gasteiger partial charge is 0.0594 e. The molecular weight excluding hydrogens is 258 g/mol. The number of morpholine rings is 1. The molecule has 1 aliphatic heterocycles. The second-order valence-corrected chi connectivity index (χ2v) is 6.81. The maximum Gasteiger partial charge on any atom is 0.0594 e. The number of hydrogen-bond donors (Lipinski definition) is 0. The molecule has 0 saturated carbocycles. The molecule has 0 aliphatic carbocycles. The number of rotatable bonds is 13. The molecule has 0 aromatic carbocycles. The third-order valence-corrected chi connectivity index (χ3v) is 4.89. The van der Waals surface area contributed by atoms with Crippen molar-refractivity contribution >= 4 is 0 Å². The molecule has 21 heavy (non-hydrogen) atoms. The standard InChI is InChI=1S/C19H39NO/c1-3-5-7-9-11-19(12-10-8-6-4-2)13-14-20-15-17-21-18-16-20/h19H,3-18H2,1-2H3. The summed E-state index contributed by atoms with van der Waals surface area (Å²) < 4.78 is 5.45. The van der Waals surface area contributed by atoms with Crippen molar-refractivity contribution in [1.82, 2.24) is 4.90 Å². The molecule has 0 amide bonds. The van der Waals surface area contributed by atoms with E-state index in [2.05, 4.69) is 18.7 Å². The van der Waals surface area contributed by atoms with Gasteiger partial charge in [0.05, 0.1) is 13.2 Å². The molecule has 0 aromatic heterocycles. The topological polar surface area (TPSA) is 12.5 Å². The second kappa shape index (κ2) is 13.6. The Balaban J connectivity index is 2.17. The number of ether oxygens (including phenoxy) is 1. The van der Waals surface area contributed by atoms with E-state index in [-0.39, 0.29) is 0 Å². The summed E-state index contributed by atoms with van der Waals surface area (Å²) in [6.45, 7) is 10.1. The zero-order valence-electron chi connectivity index (χ0n) is 14.7. The average molecular weight is 298 g/mol. The maximum absolute atomic E-state index is 5.45. The Morgan fingerprint density at radius 3 is 1.86 bits per heavy atom. The lowest BCUT2D eigenvalue weighted by Crippen LogP contribution is -2.37. The van der Waals surface area contributed by atoms with E-state index in [1.165, 1.54) is 77.2 Å². The minimum atomic E-state index is 0.942. The van der Waals surface area contributed by atoms with Gasteiger partial charge >= 0.3 is 0 Å². The normalized spacial score (nSPS) is 16.7. The maximum atomic E-state index is 5.45. The third-order valence-electron chi connectivity index (χ3n) is 4.89. The first-order valence-corrected chi connectivity index (χ1v) is 9.66. The van der Waals surface area contributed by atoms with Crippen molar-refractivity contribution in [2.24, 2.45) is 5.92 Å². The molecule has 126 valence electrons. The van der Waals surface area contributed by atoms with Crippen molar-refractivity contribution in [2.45, 2.75) is 84.5 Å². The van der Waals surface area contributed by atoms with Crippen LogP contribution in [-0.4, -0.2) is 37.7 Å². The number of nitrogens with zero attached hydrogens (tertiary/aromatic N) is 1. The second-order valence-electron chi connectivity index (χ2n) is 6.81. The van der Waals surface area contributed by atoms with Crippen LogP contribution in [0.5, 0.6) is 0 Å². The zero-order valence-corrected chi connectivity index (χ0v) is 14.7. The summed E-state index contributed by atoms with van der Waals surface area (Å²) >= 11 is 0. The first-order valence-electron chi connectivity index (χ1n) is 9.66. The Kier molecular flexibility index (Phi) is 12.3. The SMILES string of the molecule is CCCCCCC(CCCCCC)CCN1CCOCC1. The molecule has 1 rings (SSSR count). The van der Waals surface area contributed by atoms with Crippen molar-refractivity contribution in [3.05, 3.63) is 0 Å². The Hall–Kier alpha value is -0.0800. The zero-order chi connectivity index (χ0) is 15.2. The Morgan fingerprint density at radius 2 is 1.33 bits per heavy atom. The highest BCUT2D eigenvalue weighted by Crippen LogP contribution is 2.22. The summed E-state index contributed by atoms with van der Waals surface area (Å²) in [6, 6.07) is 0. The van der Waals surface area contributed by atoms with E-state index in [0.29, 0.717) is 0 Å². The first kappa shape index (κ1) is 19.0. The Labute approximate surface area is 133 Å². The van der Waals surface area contributed by atoms with Crippen LogP contribution >= 0.6 is 0 Å². The van der Waals surface area contributed by atoms with E-state index < -0.39 is 0 Å². The van der Waals surface area contributed by atoms with Crippen molar-refractivity contribution < 1.29 is 4.74 Å². The lowest BCUT2D eigenvalue weighted by Gasteiger charge is -2.28. The van der Waals surface area contributed by atoms with E-state index in [9.17, 15) is 0 Å². The van der Waals surface area contributed by atoms with E-state index in [1.807, 2.05) is 0 Å². The molecule has 2 heteroatoms. The summed E-state index contributed by atoms with van der Waals surface area (Å²) in [6.07, 6.45) is 15.7. The van der Waals surface area contributed by atoms with Gasteiger partial charge in [-0.05, 0) is 18.9 Å². The fraction of sp³-hybridized carbons (Fsp3) is 1.00. The molecular formula is C19H39NO. The van der Waals surface area contributed by atoms with Crippen LogP contribution in [0.3, 0.4) is 0 Å². The third kappa shape index (κ3) is 10.3. The number of unbranched alkanes of at least 4 members (excludes halogenated alkanes) is 6. The van der Waals surface area contributed by atoms with Gasteiger partial charge in [-0.1, -0.05) is 78.1 Å². The van der Waals surface area contributed by atoms with Gasteiger partial charge in [-0.15, -0.1) is 0 Å². The molecule has 0 bridgehead atoms. The highest BCUT2D eigenvalue weighted by Gasteiger charge is 2.14. The molecule has 1 fully saturated rings. The van der Waals surface area contributed by atoms with Gasteiger partial charge in [0.15, 0.2) is 0 Å². The van der Waals surface area contributed by atoms with Gasteiger partial charge in [0, 0.05) is 13.1 Å². The van der Waals surface area contributed by atoms with Gasteiger partial charge in [0.2, 0.25) is 0 Å². The van der Waals surface area contributed by atoms with Crippen LogP contribution in [0.4, 0.5) is 0 Å². The van der Waals surface area contributed by atoms with Gasteiger partial charge in [0.25, 0.3) is 0 Å². The van der Waals surface area contributed by atoms with Gasteiger partial charge in [-0.25, -0.2) is 0 Å². The largest absolute Gasteiger partial charge is 0.379 e. The lowest BCUT2D eigenvalue weighted by molar-refractivity contribution is 0.0349. The minimum Gasteiger partial charge on any atom is -0.379 e. The fourth-order valence-electron chi connectivity index (χ4n) is 3.34. The van der Waals surface area contributed by atoms with E-state index in [4.69, 9.17) is 4.74 Å². The van der Waals surface area contributed by atoms with Gasteiger partial charge < -0.3 is 4.74 Å². The van der Waals surface area contributed by atoms with E-state index in [0.717, 1.165) is 32.2 Å². The first-order chi connectivity index (χ1) is 10.4. The van der Waals surface area contributed by atoms with Gasteiger partial charge in [0.1, 0.15) is 0 Å². The van der Waals surface area contributed by atoms with E-state index in [1.54, 1.807) is 0 Å². The lowest BCUT2D eigenvalue weighted by atomic mass is 9.91. The van der Waals surface area contributed by atoms with Crippen molar-refractivity contribution in [1.29, 1.82) is 0 Å². The van der Waals surface area contributed by atoms with Crippen molar-refractivity contribution in [3.63, 3.8) is 0 Å². The molecule has 1 saturated heterocycles. The molecule has 0 unspecified atom stereocenters. The molecule has 0 radical (unpaired) electrons. The summed E-state index contributed by atoms with van der Waals surface area (Å²) in [4.78, 5) is 2.61. The van der Waals surface area contributed by atoms with Crippen LogP contribution in [0.25, 0.3) is 0 Å². The summed E-state index contributed by atoms with van der Waals surface area (Å²) in [7, 11) is 0. The highest BCUT2D eigenvalue weighted by atomic mass is 16.5. The van der Waals surface area contributed by atoms with Crippen LogP contribution in [0, 0.1) is 5.92 Å². The van der Waals surface area contributed by atoms with Crippen LogP contribution < -0.4 is 0 Å². The van der Waals surface area contributed by atoms with Gasteiger partial charge in [-0.2, -0.15) is 0 Å². The monoisotopic (exact) mass is 297 g/mol. The molecule has 0 aromatic rings. The summed E-state index contributed by atoms with van der Waals surface area (Å²) in [5.74, 6) is 0.974. The fourth-order valence-corrected chi connectivity index (χ4v) is 3.34. The predicted octanol–water partition coefficient (Wildman–Crippen LogP) is 5.27. The quantitative estimate of drug-likeness (QED) is 0.430. The highest BCUT2D eigenvalue weighted by molar-refractivity contribution is 4.67. The molecule has 0 N–H and O–H groups in total. The summed E-state index contributed by atoms with van der Waals surface area (Å²) in [5.41, 5.74) is 0. The van der Waals surface area contributed by atoms with E-state index >= 15 is 0 Å². The van der Waals surface area contributed by atoms with Crippen molar-refractivity contribution in [3.8, 4) is 0 Å². The molecule has 0 atom stereocenters.